The molecule has 0 unspecified atom stereocenters. The predicted octanol–water partition coefficient (Wildman–Crippen LogP) is 2.54. The highest BCUT2D eigenvalue weighted by molar-refractivity contribution is 9.10. The summed E-state index contributed by atoms with van der Waals surface area (Å²) in [4.78, 5) is 0. The summed E-state index contributed by atoms with van der Waals surface area (Å²) in [5.74, 6) is 0. The number of rotatable bonds is 6. The molecule has 0 bridgehead atoms. The third-order valence-electron chi connectivity index (χ3n) is 2.33. The van der Waals surface area contributed by atoms with Gasteiger partial charge < -0.3 is 15.4 Å². The topological polar surface area (TPSA) is 57.4 Å². The molecule has 0 aliphatic heterocycles. The SMILES string of the molecule is CCOCCCNC(=S)NNC(=S)Nc1cccc(Br)c1. The molecule has 1 rings (SSSR count). The Morgan fingerprint density at radius 2 is 2.00 bits per heavy atom. The summed E-state index contributed by atoms with van der Waals surface area (Å²) in [5, 5.41) is 7.02. The molecule has 116 valence electrons. The van der Waals surface area contributed by atoms with Gasteiger partial charge in [0.1, 0.15) is 0 Å². The minimum absolute atomic E-state index is 0.437. The van der Waals surface area contributed by atoms with Gasteiger partial charge in [0.25, 0.3) is 0 Å². The van der Waals surface area contributed by atoms with Crippen LogP contribution >= 0.6 is 40.4 Å². The van der Waals surface area contributed by atoms with Crippen molar-refractivity contribution in [2.75, 3.05) is 25.1 Å². The monoisotopic (exact) mass is 390 g/mol. The van der Waals surface area contributed by atoms with Crippen LogP contribution in [0.5, 0.6) is 0 Å². The second kappa shape index (κ2) is 10.7. The first-order chi connectivity index (χ1) is 10.1. The summed E-state index contributed by atoms with van der Waals surface area (Å²) >= 11 is 13.7. The molecule has 5 nitrogen and oxygen atoms in total. The van der Waals surface area contributed by atoms with Crippen LogP contribution in [0, 0.1) is 0 Å². The molecule has 0 aromatic heterocycles. The molecule has 0 aliphatic carbocycles. The van der Waals surface area contributed by atoms with E-state index < -0.39 is 0 Å². The highest BCUT2D eigenvalue weighted by Crippen LogP contribution is 2.15. The molecule has 0 fully saturated rings. The second-order valence-electron chi connectivity index (χ2n) is 4.02. The first-order valence-electron chi connectivity index (χ1n) is 6.56. The van der Waals surface area contributed by atoms with Crippen LogP contribution in [0.3, 0.4) is 0 Å². The van der Waals surface area contributed by atoms with E-state index in [4.69, 9.17) is 29.2 Å². The van der Waals surface area contributed by atoms with Gasteiger partial charge in [0.2, 0.25) is 0 Å². The van der Waals surface area contributed by atoms with Gasteiger partial charge in [0, 0.05) is 29.9 Å². The number of hydrogen-bond donors (Lipinski definition) is 4. The van der Waals surface area contributed by atoms with E-state index in [0.717, 1.165) is 36.3 Å². The van der Waals surface area contributed by atoms with Crippen LogP contribution in [-0.2, 0) is 4.74 Å². The lowest BCUT2D eigenvalue weighted by molar-refractivity contribution is 0.145. The normalized spacial score (nSPS) is 9.81. The molecule has 0 amide bonds. The first kappa shape index (κ1) is 18.1. The smallest absolute Gasteiger partial charge is 0.189 e. The number of anilines is 1. The quantitative estimate of drug-likeness (QED) is 0.338. The fraction of sp³-hybridized carbons (Fsp3) is 0.385. The standard InChI is InChI=1S/C13H19BrN4OS2/c1-2-19-8-4-7-15-12(20)17-18-13(21)16-11-6-3-5-10(14)9-11/h3,5-6,9H,2,4,7-8H2,1H3,(H2,15,17,20)(H2,16,18,21). The van der Waals surface area contributed by atoms with E-state index in [1.54, 1.807) is 0 Å². The Morgan fingerprint density at radius 3 is 2.71 bits per heavy atom. The molecule has 8 heteroatoms. The van der Waals surface area contributed by atoms with Crippen molar-refractivity contribution in [3.05, 3.63) is 28.7 Å². The van der Waals surface area contributed by atoms with Crippen LogP contribution in [-0.4, -0.2) is 30.0 Å². The number of nitrogens with one attached hydrogen (secondary N) is 4. The zero-order valence-electron chi connectivity index (χ0n) is 11.7. The molecule has 1 aromatic rings. The summed E-state index contributed by atoms with van der Waals surface area (Å²) in [6, 6.07) is 7.72. The lowest BCUT2D eigenvalue weighted by atomic mass is 10.3. The zero-order valence-corrected chi connectivity index (χ0v) is 15.0. The maximum atomic E-state index is 5.24. The maximum Gasteiger partial charge on any atom is 0.189 e. The van der Waals surface area contributed by atoms with E-state index in [9.17, 15) is 0 Å². The van der Waals surface area contributed by atoms with E-state index in [-0.39, 0.29) is 0 Å². The minimum atomic E-state index is 0.437. The summed E-state index contributed by atoms with van der Waals surface area (Å²) < 4.78 is 6.22. The van der Waals surface area contributed by atoms with Gasteiger partial charge in [-0.15, -0.1) is 0 Å². The molecule has 0 spiro atoms. The Kier molecular flexibility index (Phi) is 9.24. The van der Waals surface area contributed by atoms with Crippen molar-refractivity contribution in [3.63, 3.8) is 0 Å². The molecular weight excluding hydrogens is 372 g/mol. The van der Waals surface area contributed by atoms with Crippen molar-refractivity contribution in [1.82, 2.24) is 16.2 Å². The molecule has 0 atom stereocenters. The van der Waals surface area contributed by atoms with Gasteiger partial charge in [-0.3, -0.25) is 10.9 Å². The Labute approximate surface area is 144 Å². The molecule has 0 radical (unpaired) electrons. The molecule has 0 saturated heterocycles. The number of thiocarbonyl (C=S) groups is 2. The van der Waals surface area contributed by atoms with E-state index >= 15 is 0 Å². The average molecular weight is 391 g/mol. The molecule has 21 heavy (non-hydrogen) atoms. The van der Waals surface area contributed by atoms with Gasteiger partial charge >= 0.3 is 0 Å². The van der Waals surface area contributed by atoms with Gasteiger partial charge in [-0.1, -0.05) is 22.0 Å². The number of ether oxygens (including phenoxy) is 1. The Morgan fingerprint density at radius 1 is 1.24 bits per heavy atom. The zero-order chi connectivity index (χ0) is 15.5. The van der Waals surface area contributed by atoms with E-state index in [0.29, 0.717) is 10.2 Å². The number of benzene rings is 1. The van der Waals surface area contributed by atoms with Gasteiger partial charge in [-0.25, -0.2) is 0 Å². The average Bonchev–Trinajstić information content (AvgIpc) is 2.45. The van der Waals surface area contributed by atoms with Crippen molar-refractivity contribution in [2.24, 2.45) is 0 Å². The second-order valence-corrected chi connectivity index (χ2v) is 5.75. The van der Waals surface area contributed by atoms with Crippen LogP contribution in [0.2, 0.25) is 0 Å². The van der Waals surface area contributed by atoms with Crippen molar-refractivity contribution < 1.29 is 4.74 Å². The fourth-order valence-electron chi connectivity index (χ4n) is 1.41. The van der Waals surface area contributed by atoms with Crippen molar-refractivity contribution >= 4 is 56.3 Å². The van der Waals surface area contributed by atoms with Crippen LogP contribution in [0.4, 0.5) is 5.69 Å². The number of halogens is 1. The van der Waals surface area contributed by atoms with Crippen LogP contribution in [0.1, 0.15) is 13.3 Å². The van der Waals surface area contributed by atoms with E-state index in [1.165, 1.54) is 0 Å². The van der Waals surface area contributed by atoms with Crippen molar-refractivity contribution in [3.8, 4) is 0 Å². The maximum absolute atomic E-state index is 5.24. The van der Waals surface area contributed by atoms with E-state index in [2.05, 4.69) is 37.4 Å². The Balaban J connectivity index is 2.16. The summed E-state index contributed by atoms with van der Waals surface area (Å²) in [6.07, 6.45) is 0.899. The van der Waals surface area contributed by atoms with Crippen LogP contribution in [0.25, 0.3) is 0 Å². The summed E-state index contributed by atoms with van der Waals surface area (Å²) in [5.41, 5.74) is 6.53. The third-order valence-corrected chi connectivity index (χ3v) is 3.27. The Hall–Kier alpha value is -0.960. The van der Waals surface area contributed by atoms with E-state index in [1.807, 2.05) is 31.2 Å². The summed E-state index contributed by atoms with van der Waals surface area (Å²) in [7, 11) is 0. The third kappa shape index (κ3) is 8.82. The van der Waals surface area contributed by atoms with Gasteiger partial charge in [-0.05, 0) is 56.0 Å². The van der Waals surface area contributed by atoms with Gasteiger partial charge in [-0.2, -0.15) is 0 Å². The lowest BCUT2D eigenvalue weighted by Crippen LogP contribution is -2.48. The highest BCUT2D eigenvalue weighted by Gasteiger charge is 1.99. The summed E-state index contributed by atoms with van der Waals surface area (Å²) in [6.45, 7) is 4.18. The largest absolute Gasteiger partial charge is 0.382 e. The fourth-order valence-corrected chi connectivity index (χ4v) is 2.13. The van der Waals surface area contributed by atoms with Crippen LogP contribution < -0.4 is 21.5 Å². The lowest BCUT2D eigenvalue weighted by Gasteiger charge is -2.14. The molecule has 4 N–H and O–H groups in total. The van der Waals surface area contributed by atoms with Crippen molar-refractivity contribution in [1.29, 1.82) is 0 Å². The molecule has 0 aliphatic rings. The van der Waals surface area contributed by atoms with Gasteiger partial charge in [0.15, 0.2) is 10.2 Å². The number of hydrogen-bond acceptors (Lipinski definition) is 3. The first-order valence-corrected chi connectivity index (χ1v) is 8.17. The van der Waals surface area contributed by atoms with Gasteiger partial charge in [0.05, 0.1) is 0 Å². The predicted molar refractivity (Wildman–Crippen MR) is 98.3 cm³/mol. The highest BCUT2D eigenvalue weighted by atomic mass is 79.9. The van der Waals surface area contributed by atoms with Crippen LogP contribution in [0.15, 0.2) is 28.7 Å². The van der Waals surface area contributed by atoms with Crippen molar-refractivity contribution in [2.45, 2.75) is 13.3 Å². The Bertz CT molecular complexity index is 473. The molecule has 0 heterocycles. The molecule has 0 saturated carbocycles. The molecule has 1 aromatic carbocycles. The molecular formula is C13H19BrN4OS2. The number of hydrazine groups is 1. The minimum Gasteiger partial charge on any atom is -0.382 e.